The van der Waals surface area contributed by atoms with Crippen molar-refractivity contribution >= 4 is 6.21 Å². The normalized spacial score (nSPS) is 10.5. The van der Waals surface area contributed by atoms with Gasteiger partial charge in [0.25, 0.3) is 0 Å². The van der Waals surface area contributed by atoms with Gasteiger partial charge in [-0.1, -0.05) is 6.07 Å². The minimum atomic E-state index is 0.692. The molecule has 0 fully saturated rings. The van der Waals surface area contributed by atoms with Crippen molar-refractivity contribution in [3.63, 3.8) is 0 Å². The molecule has 0 aliphatic carbocycles. The summed E-state index contributed by atoms with van der Waals surface area (Å²) in [6, 6.07) is 5.83. The average Bonchev–Trinajstić information content (AvgIpc) is 2.03. The molecule has 0 radical (unpaired) electrons. The molecule has 1 aromatic heterocycles. The van der Waals surface area contributed by atoms with Gasteiger partial charge in [-0.15, -0.1) is 0 Å². The average molecular weight is 134 g/mol. The molecular weight excluding hydrogens is 124 g/mol. The fourth-order valence-corrected chi connectivity index (χ4v) is 0.676. The van der Waals surface area contributed by atoms with Crippen molar-refractivity contribution in [3.8, 4) is 0 Å². The quantitative estimate of drug-likeness (QED) is 0.565. The highest BCUT2D eigenvalue weighted by atomic mass is 14.8. The first-order chi connectivity index (χ1) is 4.93. The van der Waals surface area contributed by atoms with Crippen LogP contribution < -0.4 is 0 Å². The van der Waals surface area contributed by atoms with Gasteiger partial charge in [0, 0.05) is 6.20 Å². The van der Waals surface area contributed by atoms with Gasteiger partial charge < -0.3 is 0 Å². The van der Waals surface area contributed by atoms with Crippen molar-refractivity contribution < 1.29 is 0 Å². The zero-order valence-electron chi connectivity index (χ0n) is 5.99. The molecule has 0 bridgehead atoms. The molecule has 0 saturated carbocycles. The molecule has 0 unspecified atom stereocenters. The third-order valence-electron chi connectivity index (χ3n) is 1.16. The third kappa shape index (κ3) is 1.97. The van der Waals surface area contributed by atoms with Crippen molar-refractivity contribution in [2.45, 2.75) is 13.5 Å². The van der Waals surface area contributed by atoms with Crippen LogP contribution in [0.2, 0.25) is 0 Å². The summed E-state index contributed by atoms with van der Waals surface area (Å²) in [5.74, 6) is 0. The molecule has 0 N–H and O–H groups in total. The Morgan fingerprint density at radius 2 is 2.50 bits per heavy atom. The summed E-state index contributed by atoms with van der Waals surface area (Å²) in [7, 11) is 0. The molecule has 0 saturated heterocycles. The molecule has 1 aromatic rings. The van der Waals surface area contributed by atoms with Gasteiger partial charge in [-0.3, -0.25) is 9.98 Å². The molecule has 1 rings (SSSR count). The summed E-state index contributed by atoms with van der Waals surface area (Å²) < 4.78 is 0. The maximum atomic E-state index is 4.10. The van der Waals surface area contributed by atoms with E-state index in [1.807, 2.05) is 25.1 Å². The summed E-state index contributed by atoms with van der Waals surface area (Å²) in [6.07, 6.45) is 3.56. The van der Waals surface area contributed by atoms with Crippen LogP contribution >= 0.6 is 0 Å². The van der Waals surface area contributed by atoms with Crippen LogP contribution in [0.25, 0.3) is 0 Å². The van der Waals surface area contributed by atoms with E-state index in [1.54, 1.807) is 12.4 Å². The van der Waals surface area contributed by atoms with Gasteiger partial charge in [0.15, 0.2) is 0 Å². The number of rotatable bonds is 2. The number of pyridine rings is 1. The first-order valence-corrected chi connectivity index (χ1v) is 3.28. The minimum Gasteiger partial charge on any atom is -0.291 e. The lowest BCUT2D eigenvalue weighted by molar-refractivity contribution is 0.994. The van der Waals surface area contributed by atoms with Crippen molar-refractivity contribution in [1.29, 1.82) is 0 Å². The van der Waals surface area contributed by atoms with Gasteiger partial charge in [-0.05, 0) is 25.3 Å². The second-order valence-electron chi connectivity index (χ2n) is 1.92. The van der Waals surface area contributed by atoms with E-state index in [4.69, 9.17) is 0 Å². The number of aromatic nitrogens is 1. The monoisotopic (exact) mass is 134 g/mol. The zero-order valence-corrected chi connectivity index (χ0v) is 5.99. The molecule has 10 heavy (non-hydrogen) atoms. The molecule has 0 atom stereocenters. The SMILES string of the molecule is CC=NCc1ccccn1. The summed E-state index contributed by atoms with van der Waals surface area (Å²) in [5, 5.41) is 0. The van der Waals surface area contributed by atoms with Gasteiger partial charge in [-0.25, -0.2) is 0 Å². The Morgan fingerprint density at radius 1 is 1.60 bits per heavy atom. The second kappa shape index (κ2) is 3.77. The molecule has 0 spiro atoms. The van der Waals surface area contributed by atoms with E-state index in [0.717, 1.165) is 5.69 Å². The van der Waals surface area contributed by atoms with E-state index < -0.39 is 0 Å². The van der Waals surface area contributed by atoms with Gasteiger partial charge >= 0.3 is 0 Å². The molecule has 1 heterocycles. The summed E-state index contributed by atoms with van der Waals surface area (Å²) in [6.45, 7) is 2.60. The Hall–Kier alpha value is -1.18. The topological polar surface area (TPSA) is 25.2 Å². The fraction of sp³-hybridized carbons (Fsp3) is 0.250. The van der Waals surface area contributed by atoms with Crippen LogP contribution in [0.5, 0.6) is 0 Å². The second-order valence-corrected chi connectivity index (χ2v) is 1.92. The molecule has 0 aromatic carbocycles. The van der Waals surface area contributed by atoms with E-state index in [0.29, 0.717) is 6.54 Å². The van der Waals surface area contributed by atoms with Crippen molar-refractivity contribution in [2.75, 3.05) is 0 Å². The van der Waals surface area contributed by atoms with Crippen LogP contribution in [-0.2, 0) is 6.54 Å². The molecule has 0 aliphatic rings. The van der Waals surface area contributed by atoms with Crippen LogP contribution in [0.15, 0.2) is 29.4 Å². The van der Waals surface area contributed by atoms with Crippen molar-refractivity contribution in [2.24, 2.45) is 4.99 Å². The van der Waals surface area contributed by atoms with E-state index in [2.05, 4.69) is 9.98 Å². The fourth-order valence-electron chi connectivity index (χ4n) is 0.676. The standard InChI is InChI=1S/C8H10N2/c1-2-9-7-8-5-3-4-6-10-8/h2-6H,7H2,1H3. The third-order valence-corrected chi connectivity index (χ3v) is 1.16. The van der Waals surface area contributed by atoms with E-state index >= 15 is 0 Å². The first kappa shape index (κ1) is 6.93. The highest BCUT2D eigenvalue weighted by molar-refractivity contribution is 5.53. The largest absolute Gasteiger partial charge is 0.291 e. The Bertz CT molecular complexity index is 204. The van der Waals surface area contributed by atoms with E-state index in [-0.39, 0.29) is 0 Å². The van der Waals surface area contributed by atoms with Crippen LogP contribution in [0, 0.1) is 0 Å². The number of nitrogens with zero attached hydrogens (tertiary/aromatic N) is 2. The van der Waals surface area contributed by atoms with Crippen LogP contribution in [-0.4, -0.2) is 11.2 Å². The molecular formula is C8H10N2. The summed E-state index contributed by atoms with van der Waals surface area (Å²) >= 11 is 0. The zero-order chi connectivity index (χ0) is 7.23. The number of hydrogen-bond donors (Lipinski definition) is 0. The number of hydrogen-bond acceptors (Lipinski definition) is 2. The summed E-state index contributed by atoms with van der Waals surface area (Å²) in [5.41, 5.74) is 1.01. The Kier molecular flexibility index (Phi) is 2.62. The highest BCUT2D eigenvalue weighted by Crippen LogP contribution is 1.93. The van der Waals surface area contributed by atoms with Gasteiger partial charge in [0.05, 0.1) is 12.2 Å². The lowest BCUT2D eigenvalue weighted by atomic mass is 10.3. The predicted molar refractivity (Wildman–Crippen MR) is 42.1 cm³/mol. The van der Waals surface area contributed by atoms with Gasteiger partial charge in [0.1, 0.15) is 0 Å². The van der Waals surface area contributed by atoms with Crippen LogP contribution in [0.1, 0.15) is 12.6 Å². The Labute approximate surface area is 60.6 Å². The lowest BCUT2D eigenvalue weighted by Crippen LogP contribution is -1.84. The van der Waals surface area contributed by atoms with Crippen molar-refractivity contribution in [1.82, 2.24) is 4.98 Å². The predicted octanol–water partition coefficient (Wildman–Crippen LogP) is 1.67. The first-order valence-electron chi connectivity index (χ1n) is 3.28. The minimum absolute atomic E-state index is 0.692. The Morgan fingerprint density at radius 3 is 3.10 bits per heavy atom. The highest BCUT2D eigenvalue weighted by Gasteiger charge is 1.85. The molecule has 0 amide bonds. The van der Waals surface area contributed by atoms with Gasteiger partial charge in [0.2, 0.25) is 0 Å². The van der Waals surface area contributed by atoms with Crippen LogP contribution in [0.3, 0.4) is 0 Å². The molecule has 2 heteroatoms. The Balaban J connectivity index is 2.59. The van der Waals surface area contributed by atoms with Crippen molar-refractivity contribution in [3.05, 3.63) is 30.1 Å². The van der Waals surface area contributed by atoms with Crippen LogP contribution in [0.4, 0.5) is 0 Å². The van der Waals surface area contributed by atoms with E-state index in [1.165, 1.54) is 0 Å². The lowest BCUT2D eigenvalue weighted by Gasteiger charge is -1.91. The van der Waals surface area contributed by atoms with E-state index in [9.17, 15) is 0 Å². The molecule has 2 nitrogen and oxygen atoms in total. The molecule has 52 valence electrons. The smallest absolute Gasteiger partial charge is 0.0807 e. The summed E-state index contributed by atoms with van der Waals surface area (Å²) in [4.78, 5) is 8.16. The molecule has 0 aliphatic heterocycles. The maximum Gasteiger partial charge on any atom is 0.0807 e. The number of aliphatic imine (C=N–C) groups is 1. The maximum absolute atomic E-state index is 4.10. The van der Waals surface area contributed by atoms with Gasteiger partial charge in [-0.2, -0.15) is 0 Å².